The van der Waals surface area contributed by atoms with E-state index in [1.807, 2.05) is 43.0 Å². The number of halogens is 1. The fraction of sp³-hybridized carbons (Fsp3) is 0.562. The summed E-state index contributed by atoms with van der Waals surface area (Å²) in [6.07, 6.45) is 0. The van der Waals surface area contributed by atoms with Gasteiger partial charge in [-0.1, -0.05) is 24.3 Å². The third-order valence-electron chi connectivity index (χ3n) is 3.38. The summed E-state index contributed by atoms with van der Waals surface area (Å²) in [6, 6.07) is 7.30. The normalized spacial score (nSPS) is 12.1. The Hall–Kier alpha value is -0.870. The van der Waals surface area contributed by atoms with E-state index >= 15 is 0 Å². The predicted molar refractivity (Wildman–Crippen MR) is 111 cm³/mol. The van der Waals surface area contributed by atoms with Gasteiger partial charge in [-0.2, -0.15) is 0 Å². The first-order valence-corrected chi connectivity index (χ1v) is 9.56. The van der Waals surface area contributed by atoms with Crippen LogP contribution in [0, 0.1) is 0 Å². The lowest BCUT2D eigenvalue weighted by Crippen LogP contribution is -2.37. The van der Waals surface area contributed by atoms with Gasteiger partial charge in [0.15, 0.2) is 5.96 Å². The van der Waals surface area contributed by atoms with Gasteiger partial charge < -0.3 is 10.6 Å². The molecule has 0 heterocycles. The first-order valence-electron chi connectivity index (χ1n) is 7.90. The molecule has 3 N–H and O–H groups in total. The van der Waals surface area contributed by atoms with Crippen molar-refractivity contribution in [2.75, 3.05) is 13.1 Å². The average molecular weight is 468 g/mol. The zero-order valence-electron chi connectivity index (χ0n) is 14.8. The highest BCUT2D eigenvalue weighted by Crippen LogP contribution is 2.14. The van der Waals surface area contributed by atoms with Crippen molar-refractivity contribution in [3.63, 3.8) is 0 Å². The van der Waals surface area contributed by atoms with E-state index in [4.69, 9.17) is 5.73 Å². The molecule has 0 atom stereocenters. The van der Waals surface area contributed by atoms with Gasteiger partial charge in [0.25, 0.3) is 0 Å². The second kappa shape index (κ2) is 10.9. The molecule has 0 aromatic heterocycles. The number of nitrogens with zero attached hydrogens (tertiary/aromatic N) is 2. The Morgan fingerprint density at radius 1 is 1.21 bits per heavy atom. The fourth-order valence-corrected chi connectivity index (χ4v) is 3.76. The van der Waals surface area contributed by atoms with E-state index in [9.17, 15) is 8.42 Å². The highest BCUT2D eigenvalue weighted by atomic mass is 127. The van der Waals surface area contributed by atoms with Gasteiger partial charge in [0.1, 0.15) is 0 Å². The molecule has 0 aliphatic heterocycles. The van der Waals surface area contributed by atoms with Crippen LogP contribution in [0.4, 0.5) is 0 Å². The minimum absolute atomic E-state index is 0. The molecule has 24 heavy (non-hydrogen) atoms. The van der Waals surface area contributed by atoms with Crippen molar-refractivity contribution >= 4 is 40.0 Å². The third kappa shape index (κ3) is 7.80. The molecule has 0 amide bonds. The number of rotatable bonds is 8. The van der Waals surface area contributed by atoms with Crippen molar-refractivity contribution < 1.29 is 8.42 Å². The molecular formula is C16H29IN4O2S. The average Bonchev–Trinajstić information content (AvgIpc) is 2.45. The number of nitrogens with two attached hydrogens (primary N) is 1. The predicted octanol–water partition coefficient (Wildman–Crippen LogP) is 2.29. The number of benzene rings is 1. The van der Waals surface area contributed by atoms with Gasteiger partial charge in [0, 0.05) is 19.1 Å². The molecule has 0 aliphatic carbocycles. The van der Waals surface area contributed by atoms with Crippen LogP contribution in [-0.2, 0) is 22.3 Å². The van der Waals surface area contributed by atoms with Gasteiger partial charge in [-0.05, 0) is 38.8 Å². The second-order valence-corrected chi connectivity index (χ2v) is 7.40. The molecule has 0 saturated carbocycles. The number of hydrogen-bond donors (Lipinski definition) is 2. The van der Waals surface area contributed by atoms with Gasteiger partial charge in [-0.25, -0.2) is 18.1 Å². The van der Waals surface area contributed by atoms with Crippen molar-refractivity contribution in [1.29, 1.82) is 0 Å². The van der Waals surface area contributed by atoms with E-state index in [0.717, 1.165) is 24.2 Å². The molecular weight excluding hydrogens is 439 g/mol. The minimum atomic E-state index is -3.36. The molecule has 0 fully saturated rings. The largest absolute Gasteiger partial charge is 0.370 e. The van der Waals surface area contributed by atoms with Crippen LogP contribution in [0.1, 0.15) is 38.8 Å². The molecule has 0 unspecified atom stereocenters. The van der Waals surface area contributed by atoms with Crippen molar-refractivity contribution in [1.82, 2.24) is 9.62 Å². The number of guanidine groups is 1. The van der Waals surface area contributed by atoms with E-state index in [1.165, 1.54) is 0 Å². The van der Waals surface area contributed by atoms with Crippen LogP contribution in [0.15, 0.2) is 29.3 Å². The van der Waals surface area contributed by atoms with E-state index < -0.39 is 10.0 Å². The summed E-state index contributed by atoms with van der Waals surface area (Å²) in [5, 5.41) is 0. The van der Waals surface area contributed by atoms with Crippen molar-refractivity contribution in [2.24, 2.45) is 10.7 Å². The summed E-state index contributed by atoms with van der Waals surface area (Å²) in [4.78, 5) is 6.35. The molecule has 1 aromatic carbocycles. The highest BCUT2D eigenvalue weighted by Gasteiger charge is 2.15. The summed E-state index contributed by atoms with van der Waals surface area (Å²) >= 11 is 0. The zero-order valence-corrected chi connectivity index (χ0v) is 18.0. The molecule has 0 radical (unpaired) electrons. The smallest absolute Gasteiger partial charge is 0.216 e. The maximum absolute atomic E-state index is 12.1. The topological polar surface area (TPSA) is 87.8 Å². The summed E-state index contributed by atoms with van der Waals surface area (Å²) in [5.41, 5.74) is 7.59. The molecule has 0 saturated heterocycles. The number of hydrogen-bond acceptors (Lipinski definition) is 3. The summed E-state index contributed by atoms with van der Waals surface area (Å²) < 4.78 is 26.8. The lowest BCUT2D eigenvalue weighted by molar-refractivity contribution is 0.458. The monoisotopic (exact) mass is 468 g/mol. The lowest BCUT2D eigenvalue weighted by Gasteiger charge is -2.19. The van der Waals surface area contributed by atoms with Crippen LogP contribution in [0.5, 0.6) is 0 Å². The van der Waals surface area contributed by atoms with Crippen LogP contribution in [0.25, 0.3) is 0 Å². The van der Waals surface area contributed by atoms with Crippen LogP contribution >= 0.6 is 24.0 Å². The van der Waals surface area contributed by atoms with Gasteiger partial charge in [0.05, 0.1) is 12.3 Å². The lowest BCUT2D eigenvalue weighted by atomic mass is 10.1. The van der Waals surface area contributed by atoms with Gasteiger partial charge in [-0.15, -0.1) is 24.0 Å². The minimum Gasteiger partial charge on any atom is -0.370 e. The molecule has 6 nitrogen and oxygen atoms in total. The van der Waals surface area contributed by atoms with E-state index in [1.54, 1.807) is 13.8 Å². The SMILES string of the molecule is CCN(CC)C(N)=NCc1ccccc1CS(=O)(=O)NC(C)C.I. The second-order valence-electron chi connectivity index (χ2n) is 5.65. The van der Waals surface area contributed by atoms with Crippen LogP contribution in [-0.4, -0.2) is 38.4 Å². The first kappa shape index (κ1) is 23.1. The Labute approximate surface area is 163 Å². The molecule has 138 valence electrons. The number of nitrogens with one attached hydrogen (secondary N) is 1. The molecule has 0 bridgehead atoms. The molecule has 8 heteroatoms. The van der Waals surface area contributed by atoms with Crippen molar-refractivity contribution in [2.45, 2.75) is 46.0 Å². The van der Waals surface area contributed by atoms with Crippen molar-refractivity contribution in [3.05, 3.63) is 35.4 Å². The number of sulfonamides is 1. The first-order chi connectivity index (χ1) is 10.8. The summed E-state index contributed by atoms with van der Waals surface area (Å²) in [5.74, 6) is 0.426. The number of aliphatic imine (C=N–C) groups is 1. The third-order valence-corrected chi connectivity index (χ3v) is 4.90. The molecule has 1 aromatic rings. The Morgan fingerprint density at radius 3 is 2.25 bits per heavy atom. The molecule has 1 rings (SSSR count). The standard InChI is InChI=1S/C16H28N4O2S.HI/c1-5-20(6-2)16(17)18-11-14-9-7-8-10-15(14)12-23(21,22)19-13(3)4;/h7-10,13,19H,5-6,11-12H2,1-4H3,(H2,17,18);1H. The van der Waals surface area contributed by atoms with Gasteiger partial charge >= 0.3 is 0 Å². The van der Waals surface area contributed by atoms with E-state index in [-0.39, 0.29) is 35.8 Å². The maximum atomic E-state index is 12.1. The van der Waals surface area contributed by atoms with E-state index in [0.29, 0.717) is 12.5 Å². The van der Waals surface area contributed by atoms with Gasteiger partial charge in [0.2, 0.25) is 10.0 Å². The van der Waals surface area contributed by atoms with Crippen LogP contribution in [0.2, 0.25) is 0 Å². The Bertz CT molecular complexity index is 629. The van der Waals surface area contributed by atoms with Crippen LogP contribution < -0.4 is 10.5 Å². The Morgan fingerprint density at radius 2 is 1.75 bits per heavy atom. The summed E-state index contributed by atoms with van der Waals surface area (Å²) in [7, 11) is -3.36. The highest BCUT2D eigenvalue weighted by molar-refractivity contribution is 14.0. The van der Waals surface area contributed by atoms with Crippen molar-refractivity contribution in [3.8, 4) is 0 Å². The Balaban J connectivity index is 0.00000529. The molecule has 0 aliphatic rings. The zero-order chi connectivity index (χ0) is 17.5. The van der Waals surface area contributed by atoms with E-state index in [2.05, 4.69) is 9.71 Å². The quantitative estimate of drug-likeness (QED) is 0.348. The molecule has 0 spiro atoms. The van der Waals surface area contributed by atoms with Gasteiger partial charge in [-0.3, -0.25) is 0 Å². The summed E-state index contributed by atoms with van der Waals surface area (Å²) in [6.45, 7) is 9.60. The Kier molecular flexibility index (Phi) is 10.5. The maximum Gasteiger partial charge on any atom is 0.216 e. The fourth-order valence-electron chi connectivity index (χ4n) is 2.27. The van der Waals surface area contributed by atoms with Crippen LogP contribution in [0.3, 0.4) is 0 Å².